The highest BCUT2D eigenvalue weighted by Gasteiger charge is 2.47. The maximum absolute atomic E-state index is 12.7. The summed E-state index contributed by atoms with van der Waals surface area (Å²) in [6.45, 7) is 7.87. The molecule has 2 atom stereocenters. The van der Waals surface area contributed by atoms with Gasteiger partial charge in [0.15, 0.2) is 5.78 Å². The van der Waals surface area contributed by atoms with Gasteiger partial charge in [0.2, 0.25) is 11.8 Å². The fraction of sp³-hybridized carbons (Fsp3) is 0.526. The summed E-state index contributed by atoms with van der Waals surface area (Å²) in [5.74, 6) is -1.11. The molecule has 0 saturated carbocycles. The van der Waals surface area contributed by atoms with Crippen molar-refractivity contribution < 1.29 is 14.4 Å². The van der Waals surface area contributed by atoms with Crippen molar-refractivity contribution in [1.29, 1.82) is 0 Å². The zero-order chi connectivity index (χ0) is 17.6. The molecule has 1 aromatic rings. The third-order valence-electron chi connectivity index (χ3n) is 5.20. The van der Waals surface area contributed by atoms with Crippen LogP contribution in [0.25, 0.3) is 0 Å². The predicted octanol–water partition coefficient (Wildman–Crippen LogP) is 2.82. The summed E-state index contributed by atoms with van der Waals surface area (Å²) in [7, 11) is 0. The van der Waals surface area contributed by atoms with Gasteiger partial charge in [0, 0.05) is 23.0 Å². The van der Waals surface area contributed by atoms with Crippen LogP contribution in [0.15, 0.2) is 18.2 Å². The number of rotatable bonds is 4. The van der Waals surface area contributed by atoms with E-state index in [9.17, 15) is 14.4 Å². The van der Waals surface area contributed by atoms with Gasteiger partial charge >= 0.3 is 0 Å². The Morgan fingerprint density at radius 1 is 1.12 bits per heavy atom. The van der Waals surface area contributed by atoms with E-state index in [0.29, 0.717) is 18.4 Å². The summed E-state index contributed by atoms with van der Waals surface area (Å²) in [5.41, 5.74) is 2.52. The summed E-state index contributed by atoms with van der Waals surface area (Å²) in [6, 6.07) is 2.12. The van der Waals surface area contributed by atoms with Crippen molar-refractivity contribution >= 4 is 17.6 Å². The van der Waals surface area contributed by atoms with E-state index in [-0.39, 0.29) is 42.0 Å². The van der Waals surface area contributed by atoms with E-state index in [1.165, 1.54) is 4.90 Å². The van der Waals surface area contributed by atoms with Gasteiger partial charge in [-0.1, -0.05) is 12.2 Å². The highest BCUT2D eigenvalue weighted by atomic mass is 16.2. The average Bonchev–Trinajstić information content (AvgIpc) is 2.97. The number of likely N-dealkylation sites (tertiary alicyclic amines) is 1. The van der Waals surface area contributed by atoms with Crippen molar-refractivity contribution in [2.45, 2.75) is 46.6 Å². The van der Waals surface area contributed by atoms with Gasteiger partial charge in [0.05, 0.1) is 18.4 Å². The molecule has 0 radical (unpaired) electrons. The highest BCUT2D eigenvalue weighted by Crippen LogP contribution is 2.35. The first-order valence-corrected chi connectivity index (χ1v) is 8.54. The van der Waals surface area contributed by atoms with E-state index in [1.54, 1.807) is 0 Å². The third-order valence-corrected chi connectivity index (χ3v) is 5.20. The van der Waals surface area contributed by atoms with Crippen molar-refractivity contribution in [3.05, 3.63) is 35.2 Å². The van der Waals surface area contributed by atoms with E-state index in [1.807, 2.05) is 32.1 Å². The van der Waals surface area contributed by atoms with Crippen LogP contribution in [0.5, 0.6) is 0 Å². The number of carbonyl (C=O) groups is 3. The monoisotopic (exact) mass is 328 g/mol. The summed E-state index contributed by atoms with van der Waals surface area (Å²) in [6.07, 6.45) is 5.10. The molecule has 0 unspecified atom stereocenters. The molecule has 3 rings (SSSR count). The minimum Gasteiger partial charge on any atom is -0.346 e. The van der Waals surface area contributed by atoms with E-state index in [2.05, 4.69) is 18.4 Å². The zero-order valence-corrected chi connectivity index (χ0v) is 14.7. The molecule has 1 fully saturated rings. The average molecular weight is 328 g/mol. The van der Waals surface area contributed by atoms with E-state index in [0.717, 1.165) is 11.4 Å². The van der Waals surface area contributed by atoms with Crippen LogP contribution in [0, 0.1) is 25.7 Å². The van der Waals surface area contributed by atoms with E-state index in [4.69, 9.17) is 0 Å². The quantitative estimate of drug-likeness (QED) is 0.485. The third kappa shape index (κ3) is 2.52. The SMILES string of the molecule is Cc1cc(C(=O)CN2C(=O)[C@H]3CC=CC[C@H]3C2=O)c(C)n1C(C)C. The molecule has 1 aromatic heterocycles. The Labute approximate surface area is 142 Å². The molecule has 1 aliphatic heterocycles. The molecule has 5 heteroatoms. The van der Waals surface area contributed by atoms with Crippen molar-refractivity contribution in [1.82, 2.24) is 9.47 Å². The Morgan fingerprint density at radius 2 is 1.67 bits per heavy atom. The molecule has 2 aliphatic rings. The van der Waals surface area contributed by atoms with Gasteiger partial charge in [0.1, 0.15) is 0 Å². The van der Waals surface area contributed by atoms with Crippen LogP contribution in [0.3, 0.4) is 0 Å². The van der Waals surface area contributed by atoms with Crippen LogP contribution in [-0.4, -0.2) is 33.6 Å². The molecule has 0 aromatic carbocycles. The molecule has 1 aliphatic carbocycles. The van der Waals surface area contributed by atoms with Gasteiger partial charge < -0.3 is 4.57 Å². The van der Waals surface area contributed by atoms with Gasteiger partial charge in [-0.15, -0.1) is 0 Å². The maximum atomic E-state index is 12.7. The lowest BCUT2D eigenvalue weighted by atomic mass is 9.85. The first kappa shape index (κ1) is 16.7. The minimum atomic E-state index is -0.279. The minimum absolute atomic E-state index is 0.146. The lowest BCUT2D eigenvalue weighted by Crippen LogP contribution is -2.36. The topological polar surface area (TPSA) is 59.4 Å². The standard InChI is InChI=1S/C19H24N2O3/c1-11(2)21-12(3)9-16(13(21)4)17(22)10-20-18(23)14-7-5-6-8-15(14)19(20)24/h5-6,9,11,14-15H,7-8,10H2,1-4H3/t14-,15+. The molecule has 2 heterocycles. The maximum Gasteiger partial charge on any atom is 0.233 e. The Morgan fingerprint density at radius 3 is 2.12 bits per heavy atom. The summed E-state index contributed by atoms with van der Waals surface area (Å²) >= 11 is 0. The number of Topliss-reactive ketones (excluding diaryl/α,β-unsaturated/α-hetero) is 1. The second-order valence-corrected chi connectivity index (χ2v) is 7.09. The number of nitrogens with zero attached hydrogens (tertiary/aromatic N) is 2. The number of carbonyl (C=O) groups excluding carboxylic acids is 3. The van der Waals surface area contributed by atoms with Crippen LogP contribution in [0.2, 0.25) is 0 Å². The molecule has 5 nitrogen and oxygen atoms in total. The number of ketones is 1. The largest absolute Gasteiger partial charge is 0.346 e. The molecular weight excluding hydrogens is 304 g/mol. The highest BCUT2D eigenvalue weighted by molar-refractivity contribution is 6.10. The molecule has 0 bridgehead atoms. The second kappa shape index (κ2) is 6.04. The summed E-state index contributed by atoms with van der Waals surface area (Å²) in [4.78, 5) is 38.9. The number of hydrogen-bond donors (Lipinski definition) is 0. The van der Waals surface area contributed by atoms with Crippen LogP contribution in [0.4, 0.5) is 0 Å². The molecule has 128 valence electrons. The van der Waals surface area contributed by atoms with E-state index < -0.39 is 0 Å². The van der Waals surface area contributed by atoms with Gasteiger partial charge in [-0.2, -0.15) is 0 Å². The lowest BCUT2D eigenvalue weighted by Gasteiger charge is -2.15. The molecule has 2 amide bonds. The van der Waals surface area contributed by atoms with Crippen molar-refractivity contribution in [2.75, 3.05) is 6.54 Å². The second-order valence-electron chi connectivity index (χ2n) is 7.09. The lowest BCUT2D eigenvalue weighted by molar-refractivity contribution is -0.139. The zero-order valence-electron chi connectivity index (χ0n) is 14.7. The van der Waals surface area contributed by atoms with Gasteiger partial charge in [-0.25, -0.2) is 0 Å². The van der Waals surface area contributed by atoms with E-state index >= 15 is 0 Å². The number of hydrogen-bond acceptors (Lipinski definition) is 3. The summed E-state index contributed by atoms with van der Waals surface area (Å²) in [5, 5.41) is 0. The van der Waals surface area contributed by atoms with Crippen molar-refractivity contribution in [3.63, 3.8) is 0 Å². The normalized spacial score (nSPS) is 23.3. The first-order valence-electron chi connectivity index (χ1n) is 8.54. The number of aromatic nitrogens is 1. The number of allylic oxidation sites excluding steroid dienone is 2. The molecule has 0 spiro atoms. The van der Waals surface area contributed by atoms with Crippen molar-refractivity contribution in [3.8, 4) is 0 Å². The fourth-order valence-corrected chi connectivity index (χ4v) is 4.11. The number of amides is 2. The Kier molecular flexibility index (Phi) is 4.20. The first-order chi connectivity index (χ1) is 11.3. The Balaban J connectivity index is 1.82. The molecule has 1 saturated heterocycles. The van der Waals surface area contributed by atoms with Gasteiger partial charge in [-0.3, -0.25) is 19.3 Å². The number of imide groups is 1. The smallest absolute Gasteiger partial charge is 0.233 e. The molecule has 24 heavy (non-hydrogen) atoms. The summed E-state index contributed by atoms with van der Waals surface area (Å²) < 4.78 is 2.10. The molecule has 0 N–H and O–H groups in total. The van der Waals surface area contributed by atoms with Crippen LogP contribution in [0.1, 0.15) is 54.5 Å². The van der Waals surface area contributed by atoms with Crippen molar-refractivity contribution in [2.24, 2.45) is 11.8 Å². The fourth-order valence-electron chi connectivity index (χ4n) is 4.11. The Bertz CT molecular complexity index is 716. The predicted molar refractivity (Wildman–Crippen MR) is 90.7 cm³/mol. The van der Waals surface area contributed by atoms with Gasteiger partial charge in [-0.05, 0) is 46.6 Å². The Hall–Kier alpha value is -2.17. The van der Waals surface area contributed by atoms with Crippen LogP contribution < -0.4 is 0 Å². The molecular formula is C19H24N2O3. The number of aryl methyl sites for hydroxylation is 1. The van der Waals surface area contributed by atoms with Gasteiger partial charge in [0.25, 0.3) is 0 Å². The van der Waals surface area contributed by atoms with Crippen LogP contribution in [-0.2, 0) is 9.59 Å². The van der Waals surface area contributed by atoms with Crippen LogP contribution >= 0.6 is 0 Å². The number of fused-ring (bicyclic) bond motifs is 1.